The van der Waals surface area contributed by atoms with Crippen LogP contribution in [-0.4, -0.2) is 21.2 Å². The van der Waals surface area contributed by atoms with Gasteiger partial charge in [-0.3, -0.25) is 4.79 Å². The average molecular weight is 326 g/mol. The van der Waals surface area contributed by atoms with Crippen molar-refractivity contribution in [2.24, 2.45) is 0 Å². The van der Waals surface area contributed by atoms with Gasteiger partial charge in [0.25, 0.3) is 5.22 Å². The molecule has 0 N–H and O–H groups in total. The maximum atomic E-state index is 13.6. The number of hydrogen-bond acceptors (Lipinski definition) is 5. The van der Waals surface area contributed by atoms with Gasteiger partial charge in [0.1, 0.15) is 11.6 Å². The van der Waals surface area contributed by atoms with Crippen molar-refractivity contribution in [2.75, 3.05) is 0 Å². The first-order chi connectivity index (χ1) is 10.2. The minimum absolute atomic E-state index is 0.225. The molecule has 0 aliphatic carbocycles. The van der Waals surface area contributed by atoms with Crippen LogP contribution in [0.4, 0.5) is 8.78 Å². The molecule has 2 rings (SSSR count). The average Bonchev–Trinajstić information content (AvgIpc) is 2.89. The first kappa shape index (κ1) is 16.6. The van der Waals surface area contributed by atoms with Gasteiger partial charge < -0.3 is 4.42 Å². The Morgan fingerprint density at radius 2 is 1.95 bits per heavy atom. The number of hydrogen-bond donors (Lipinski definition) is 0. The Balaban J connectivity index is 2.15. The Hall–Kier alpha value is -1.76. The van der Waals surface area contributed by atoms with Crippen molar-refractivity contribution < 1.29 is 18.0 Å². The molecular weight excluding hydrogens is 310 g/mol. The third kappa shape index (κ3) is 3.71. The van der Waals surface area contributed by atoms with E-state index in [0.717, 1.165) is 30.0 Å². The minimum atomic E-state index is -0.750. The molecule has 0 saturated heterocycles. The van der Waals surface area contributed by atoms with Gasteiger partial charge in [0, 0.05) is 5.41 Å². The highest BCUT2D eigenvalue weighted by molar-refractivity contribution is 8.00. The van der Waals surface area contributed by atoms with Gasteiger partial charge in [-0.1, -0.05) is 32.5 Å². The second kappa shape index (κ2) is 6.16. The normalized spacial score (nSPS) is 13.2. The molecule has 0 spiro atoms. The number of thioether (sulfide) groups is 1. The van der Waals surface area contributed by atoms with E-state index >= 15 is 0 Å². The number of nitrogens with zero attached hydrogens (tertiary/aromatic N) is 2. The van der Waals surface area contributed by atoms with Crippen molar-refractivity contribution in [3.63, 3.8) is 0 Å². The van der Waals surface area contributed by atoms with Crippen LogP contribution < -0.4 is 0 Å². The maximum Gasteiger partial charge on any atom is 0.277 e. The van der Waals surface area contributed by atoms with Crippen LogP contribution in [0.1, 0.15) is 43.9 Å². The fourth-order valence-electron chi connectivity index (χ4n) is 1.67. The summed E-state index contributed by atoms with van der Waals surface area (Å²) in [4.78, 5) is 12.2. The highest BCUT2D eigenvalue weighted by Gasteiger charge is 2.25. The first-order valence-corrected chi connectivity index (χ1v) is 7.56. The summed E-state index contributed by atoms with van der Waals surface area (Å²) in [5, 5.41) is 7.33. The molecule has 1 aromatic carbocycles. The summed E-state index contributed by atoms with van der Waals surface area (Å²) >= 11 is 1.02. The summed E-state index contributed by atoms with van der Waals surface area (Å²) in [6.45, 7) is 7.35. The molecule has 22 heavy (non-hydrogen) atoms. The first-order valence-electron chi connectivity index (χ1n) is 6.68. The lowest BCUT2D eigenvalue weighted by atomic mass is 9.97. The zero-order valence-corrected chi connectivity index (χ0v) is 13.5. The van der Waals surface area contributed by atoms with Crippen molar-refractivity contribution in [3.8, 4) is 0 Å². The Bertz CT molecular complexity index is 695. The molecule has 1 heterocycles. The lowest BCUT2D eigenvalue weighted by molar-refractivity contribution is 0.0989. The fourth-order valence-corrected chi connectivity index (χ4v) is 2.42. The van der Waals surface area contributed by atoms with Gasteiger partial charge in [-0.2, -0.15) is 0 Å². The predicted molar refractivity (Wildman–Crippen MR) is 79.0 cm³/mol. The summed E-state index contributed by atoms with van der Waals surface area (Å²) in [5.74, 6) is -1.49. The molecule has 1 atom stereocenters. The summed E-state index contributed by atoms with van der Waals surface area (Å²) in [6, 6.07) is 2.80. The third-order valence-corrected chi connectivity index (χ3v) is 3.82. The smallest absolute Gasteiger partial charge is 0.277 e. The van der Waals surface area contributed by atoms with Crippen molar-refractivity contribution in [3.05, 3.63) is 41.3 Å². The van der Waals surface area contributed by atoms with Crippen molar-refractivity contribution >= 4 is 17.5 Å². The van der Waals surface area contributed by atoms with Crippen molar-refractivity contribution in [1.29, 1.82) is 0 Å². The van der Waals surface area contributed by atoms with Gasteiger partial charge in [-0.25, -0.2) is 8.78 Å². The molecule has 0 aliphatic rings. The SMILES string of the molecule is C[C@@H](Sc1nnc(C(C)(C)C)o1)C(=O)c1cc(F)ccc1F. The van der Waals surface area contributed by atoms with Crippen LogP contribution in [0.15, 0.2) is 27.8 Å². The molecule has 2 aromatic rings. The summed E-state index contributed by atoms with van der Waals surface area (Å²) in [6.07, 6.45) is 0. The molecule has 1 aromatic heterocycles. The van der Waals surface area contributed by atoms with Crippen molar-refractivity contribution in [2.45, 2.75) is 43.6 Å². The molecule has 0 bridgehead atoms. The van der Waals surface area contributed by atoms with Gasteiger partial charge >= 0.3 is 0 Å². The lowest BCUT2D eigenvalue weighted by Crippen LogP contribution is -2.15. The zero-order chi connectivity index (χ0) is 16.5. The van der Waals surface area contributed by atoms with E-state index in [4.69, 9.17) is 4.42 Å². The van der Waals surface area contributed by atoms with Crippen LogP contribution in [-0.2, 0) is 5.41 Å². The van der Waals surface area contributed by atoms with E-state index in [1.165, 1.54) is 0 Å². The van der Waals surface area contributed by atoms with Gasteiger partial charge in [-0.15, -0.1) is 10.2 Å². The van der Waals surface area contributed by atoms with E-state index in [-0.39, 0.29) is 16.2 Å². The molecule has 118 valence electrons. The summed E-state index contributed by atoms with van der Waals surface area (Å²) in [5.41, 5.74) is -0.580. The zero-order valence-electron chi connectivity index (χ0n) is 12.7. The van der Waals surface area contributed by atoms with E-state index in [2.05, 4.69) is 10.2 Å². The molecule has 0 unspecified atom stereocenters. The Labute approximate surface area is 131 Å². The van der Waals surface area contributed by atoms with Gasteiger partial charge in [0.05, 0.1) is 10.8 Å². The number of carbonyl (C=O) groups is 1. The minimum Gasteiger partial charge on any atom is -0.415 e. The lowest BCUT2D eigenvalue weighted by Gasteiger charge is -2.11. The number of benzene rings is 1. The Kier molecular flexibility index (Phi) is 4.65. The van der Waals surface area contributed by atoms with Crippen LogP contribution in [0.25, 0.3) is 0 Å². The number of carbonyl (C=O) groups excluding carboxylic acids is 1. The van der Waals surface area contributed by atoms with Crippen LogP contribution in [0.2, 0.25) is 0 Å². The van der Waals surface area contributed by atoms with Crippen LogP contribution in [0.5, 0.6) is 0 Å². The molecule has 0 saturated carbocycles. The van der Waals surface area contributed by atoms with E-state index in [9.17, 15) is 13.6 Å². The molecule has 0 aliphatic heterocycles. The highest BCUT2D eigenvalue weighted by atomic mass is 32.2. The standard InChI is InChI=1S/C15H16F2N2O2S/c1-8(12(20)10-7-9(16)5-6-11(10)17)22-14-19-18-13(21-14)15(2,3)4/h5-8H,1-4H3/t8-/m1/s1. The van der Waals surface area contributed by atoms with E-state index in [1.54, 1.807) is 6.92 Å². The van der Waals surface area contributed by atoms with E-state index in [1.807, 2.05) is 20.8 Å². The maximum absolute atomic E-state index is 13.6. The van der Waals surface area contributed by atoms with Gasteiger partial charge in [0.2, 0.25) is 5.89 Å². The molecule has 4 nitrogen and oxygen atoms in total. The Morgan fingerprint density at radius 1 is 1.27 bits per heavy atom. The second-order valence-corrected chi connectivity index (χ2v) is 7.16. The molecule has 0 fully saturated rings. The quantitative estimate of drug-likeness (QED) is 0.627. The van der Waals surface area contributed by atoms with Crippen LogP contribution >= 0.6 is 11.8 Å². The Morgan fingerprint density at radius 3 is 2.55 bits per heavy atom. The molecule has 0 radical (unpaired) electrons. The molecule has 7 heteroatoms. The monoisotopic (exact) mass is 326 g/mol. The van der Waals surface area contributed by atoms with Crippen molar-refractivity contribution in [1.82, 2.24) is 10.2 Å². The summed E-state index contributed by atoms with van der Waals surface area (Å²) < 4.78 is 32.3. The van der Waals surface area contributed by atoms with E-state index < -0.39 is 22.7 Å². The van der Waals surface area contributed by atoms with Gasteiger partial charge in [0.15, 0.2) is 5.78 Å². The number of rotatable bonds is 4. The second-order valence-electron chi connectivity index (χ2n) is 5.87. The number of ketones is 1. The summed E-state index contributed by atoms with van der Waals surface area (Å²) in [7, 11) is 0. The number of aromatic nitrogens is 2. The largest absolute Gasteiger partial charge is 0.415 e. The fraction of sp³-hybridized carbons (Fsp3) is 0.400. The number of halogens is 2. The predicted octanol–water partition coefficient (Wildman–Crippen LogP) is 4.01. The van der Waals surface area contributed by atoms with Crippen LogP contribution in [0.3, 0.4) is 0 Å². The number of Topliss-reactive ketones (excluding diaryl/α,β-unsaturated/α-hetero) is 1. The topological polar surface area (TPSA) is 56.0 Å². The molecular formula is C15H16F2N2O2S. The van der Waals surface area contributed by atoms with Crippen LogP contribution in [0, 0.1) is 11.6 Å². The third-order valence-electron chi connectivity index (χ3n) is 2.89. The highest BCUT2D eigenvalue weighted by Crippen LogP contribution is 2.28. The molecule has 0 amide bonds. The van der Waals surface area contributed by atoms with E-state index in [0.29, 0.717) is 5.89 Å². The van der Waals surface area contributed by atoms with Gasteiger partial charge in [-0.05, 0) is 25.1 Å².